The van der Waals surface area contributed by atoms with Gasteiger partial charge in [0.05, 0.1) is 17.1 Å². The summed E-state index contributed by atoms with van der Waals surface area (Å²) in [4.78, 5) is 1.42. The second kappa shape index (κ2) is 11.5. The third-order valence-corrected chi connectivity index (χ3v) is 14.8. The Morgan fingerprint density at radius 3 is 2.16 bits per heavy atom. The van der Waals surface area contributed by atoms with Gasteiger partial charge in [-0.05, 0) is 78.0 Å². The van der Waals surface area contributed by atoms with Gasteiger partial charge in [0, 0.05) is 21.6 Å². The summed E-state index contributed by atoms with van der Waals surface area (Å²) in [5.74, 6) is 0.244. The van der Waals surface area contributed by atoms with Crippen LogP contribution in [0.25, 0.3) is 39.1 Å². The predicted molar refractivity (Wildman–Crippen MR) is 230 cm³/mol. The van der Waals surface area contributed by atoms with E-state index in [4.69, 9.17) is 0 Å². The van der Waals surface area contributed by atoms with Crippen LogP contribution in [0.5, 0.6) is 0 Å². The van der Waals surface area contributed by atoms with Gasteiger partial charge in [0.1, 0.15) is 6.17 Å². The molecule has 0 saturated carbocycles. The summed E-state index contributed by atoms with van der Waals surface area (Å²) in [6, 6.07) is 68.8. The van der Waals surface area contributed by atoms with Gasteiger partial charge in [-0.2, -0.15) is 5.01 Å². The number of para-hydroxylation sites is 1. The maximum Gasteiger partial charge on any atom is 0.141 e. The maximum atomic E-state index is 2.55. The van der Waals surface area contributed by atoms with Crippen molar-refractivity contribution in [3.05, 3.63) is 233 Å². The highest BCUT2D eigenvalue weighted by molar-refractivity contribution is 8.00. The summed E-state index contributed by atoms with van der Waals surface area (Å²) in [7, 11) is 0. The SMILES string of the molecule is C1=CC2C(Sc3c(ccc4ccccc34)C23c2ccccc2-c2c(-c4ccc(C5N6c7ccccc7C(c7ccccc7)N56)cc4)cccc23)c2ccccc21. The first-order valence-electron chi connectivity index (χ1n) is 19.8. The van der Waals surface area contributed by atoms with E-state index in [1.165, 1.54) is 88.1 Å². The fourth-order valence-electron chi connectivity index (χ4n) is 11.0. The van der Waals surface area contributed by atoms with Crippen LogP contribution >= 0.6 is 11.8 Å². The number of rotatable bonds is 3. The second-order valence-corrected chi connectivity index (χ2v) is 17.0. The first kappa shape index (κ1) is 31.1. The number of anilines is 1. The minimum absolute atomic E-state index is 0.221. The molecule has 0 bridgehead atoms. The summed E-state index contributed by atoms with van der Waals surface area (Å²) in [5, 5.41) is 7.97. The van der Waals surface area contributed by atoms with Crippen molar-refractivity contribution in [3.8, 4) is 22.3 Å². The fourth-order valence-corrected chi connectivity index (χ4v) is 12.7. The van der Waals surface area contributed by atoms with E-state index in [-0.39, 0.29) is 28.8 Å². The zero-order valence-electron chi connectivity index (χ0n) is 30.6. The van der Waals surface area contributed by atoms with E-state index in [0.29, 0.717) is 0 Å². The Kier molecular flexibility index (Phi) is 6.37. The molecule has 1 saturated heterocycles. The number of benzene rings is 8. The normalized spacial score (nSPS) is 24.1. The number of thioether (sulfide) groups is 1. The average molecular weight is 733 g/mol. The van der Waals surface area contributed by atoms with Crippen molar-refractivity contribution in [2.24, 2.45) is 5.92 Å². The molecule has 1 fully saturated rings. The molecule has 264 valence electrons. The predicted octanol–water partition coefficient (Wildman–Crippen LogP) is 13.2. The van der Waals surface area contributed by atoms with Gasteiger partial charge < -0.3 is 0 Å². The maximum absolute atomic E-state index is 2.55. The fraction of sp³-hybridized carbons (Fsp3) is 0.0943. The van der Waals surface area contributed by atoms with E-state index < -0.39 is 0 Å². The molecule has 6 unspecified atom stereocenters. The molecule has 0 amide bonds. The van der Waals surface area contributed by atoms with Gasteiger partial charge in [-0.15, -0.1) is 11.8 Å². The lowest BCUT2D eigenvalue weighted by molar-refractivity contribution is 0.430. The number of hydrogen-bond donors (Lipinski definition) is 0. The molecule has 0 radical (unpaired) electrons. The van der Waals surface area contributed by atoms with Crippen molar-refractivity contribution >= 4 is 34.3 Å². The molecule has 2 nitrogen and oxygen atoms in total. The lowest BCUT2D eigenvalue weighted by Gasteiger charge is -2.49. The minimum Gasteiger partial charge on any atom is -0.279 e. The second-order valence-electron chi connectivity index (χ2n) is 15.9. The molecular weight excluding hydrogens is 697 g/mol. The Morgan fingerprint density at radius 1 is 0.518 bits per heavy atom. The van der Waals surface area contributed by atoms with Crippen LogP contribution in [0.4, 0.5) is 5.69 Å². The van der Waals surface area contributed by atoms with Gasteiger partial charge in [-0.3, -0.25) is 5.01 Å². The number of fused-ring (bicyclic) bond motifs is 16. The van der Waals surface area contributed by atoms with Crippen LogP contribution in [0, 0.1) is 5.92 Å². The number of hydrazine groups is 1. The van der Waals surface area contributed by atoms with Gasteiger partial charge in [-0.25, -0.2) is 0 Å². The zero-order valence-corrected chi connectivity index (χ0v) is 31.4. The summed E-state index contributed by atoms with van der Waals surface area (Å²) in [6.07, 6.45) is 5.16. The van der Waals surface area contributed by atoms with Crippen LogP contribution in [0.2, 0.25) is 0 Å². The average Bonchev–Trinajstić information content (AvgIpc) is 3.79. The van der Waals surface area contributed by atoms with Gasteiger partial charge >= 0.3 is 0 Å². The highest BCUT2D eigenvalue weighted by Gasteiger charge is 2.58. The molecule has 13 rings (SSSR count). The molecule has 8 aromatic rings. The quantitative estimate of drug-likeness (QED) is 0.167. The van der Waals surface area contributed by atoms with Crippen LogP contribution in [0.15, 0.2) is 193 Å². The number of nitrogens with zero attached hydrogens (tertiary/aromatic N) is 2. The van der Waals surface area contributed by atoms with Crippen LogP contribution in [0.3, 0.4) is 0 Å². The van der Waals surface area contributed by atoms with Gasteiger partial charge in [0.15, 0.2) is 0 Å². The van der Waals surface area contributed by atoms with Crippen molar-refractivity contribution in [1.82, 2.24) is 5.01 Å². The van der Waals surface area contributed by atoms with Crippen LogP contribution in [-0.2, 0) is 5.41 Å². The van der Waals surface area contributed by atoms with Gasteiger partial charge in [0.25, 0.3) is 0 Å². The van der Waals surface area contributed by atoms with E-state index in [0.717, 1.165) is 0 Å². The standard InChI is InChI=1S/C53H36N2S/c1-2-15-36(16-3-1)49-42-20-9-11-24-47(42)54-52(55(49)54)37-27-25-35(26-28-37)38-21-12-23-44-48(38)41-19-8-10-22-43(41)53(44)45-31-29-33-13-4-6-17-39(33)50(45)56-51-40-18-7-5-14-34(40)30-32-46(51)53/h1-32,45,49-50,52H. The number of allylic oxidation sites excluding steroid dienone is 1. The number of hydrogen-bond acceptors (Lipinski definition) is 3. The van der Waals surface area contributed by atoms with E-state index in [1.807, 2.05) is 0 Å². The topological polar surface area (TPSA) is 6.02 Å². The third kappa shape index (κ3) is 4.01. The van der Waals surface area contributed by atoms with Crippen LogP contribution in [-0.4, -0.2) is 5.01 Å². The molecule has 0 aromatic heterocycles. The van der Waals surface area contributed by atoms with Gasteiger partial charge in [0.2, 0.25) is 0 Å². The molecule has 2 aliphatic carbocycles. The molecule has 1 spiro atoms. The molecule has 3 heterocycles. The Morgan fingerprint density at radius 2 is 1.25 bits per heavy atom. The van der Waals surface area contributed by atoms with E-state index >= 15 is 0 Å². The molecular formula is C53H36N2S. The van der Waals surface area contributed by atoms with Crippen molar-refractivity contribution in [2.75, 3.05) is 5.01 Å². The lowest BCUT2D eigenvalue weighted by atomic mass is 9.60. The Hall–Kier alpha value is -6.13. The molecule has 0 N–H and O–H groups in total. The molecule has 3 aliphatic heterocycles. The minimum atomic E-state index is -0.340. The van der Waals surface area contributed by atoms with E-state index in [2.05, 4.69) is 216 Å². The molecule has 5 aliphatic rings. The smallest absolute Gasteiger partial charge is 0.141 e. The Balaban J connectivity index is 0.974. The van der Waals surface area contributed by atoms with Crippen LogP contribution in [0.1, 0.15) is 62.0 Å². The van der Waals surface area contributed by atoms with Crippen molar-refractivity contribution in [3.63, 3.8) is 0 Å². The van der Waals surface area contributed by atoms with E-state index in [9.17, 15) is 0 Å². The van der Waals surface area contributed by atoms with Gasteiger partial charge in [-0.1, -0.05) is 188 Å². The summed E-state index contributed by atoms with van der Waals surface area (Å²) in [5.41, 5.74) is 17.4. The monoisotopic (exact) mass is 732 g/mol. The van der Waals surface area contributed by atoms with Crippen LogP contribution < -0.4 is 5.01 Å². The summed E-state index contributed by atoms with van der Waals surface area (Å²) >= 11 is 2.08. The first-order valence-corrected chi connectivity index (χ1v) is 20.7. The third-order valence-electron chi connectivity index (χ3n) is 13.3. The van der Waals surface area contributed by atoms with Crippen molar-refractivity contribution in [2.45, 2.75) is 27.8 Å². The summed E-state index contributed by atoms with van der Waals surface area (Å²) < 4.78 is 0. The summed E-state index contributed by atoms with van der Waals surface area (Å²) in [6.45, 7) is 0. The zero-order chi connectivity index (χ0) is 36.5. The molecule has 8 aromatic carbocycles. The largest absolute Gasteiger partial charge is 0.279 e. The molecule has 3 heteroatoms. The first-order chi connectivity index (χ1) is 27.8. The van der Waals surface area contributed by atoms with Crippen molar-refractivity contribution in [1.29, 1.82) is 0 Å². The lowest BCUT2D eigenvalue weighted by Crippen LogP contribution is -2.41. The Bertz CT molecular complexity index is 2950. The Labute approximate surface area is 331 Å². The van der Waals surface area contributed by atoms with E-state index in [1.54, 1.807) is 0 Å². The highest BCUT2D eigenvalue weighted by Crippen LogP contribution is 2.69. The van der Waals surface area contributed by atoms with Crippen molar-refractivity contribution < 1.29 is 0 Å². The molecule has 56 heavy (non-hydrogen) atoms. The highest BCUT2D eigenvalue weighted by atomic mass is 32.2. The molecule has 6 atom stereocenters.